The van der Waals surface area contributed by atoms with Crippen molar-refractivity contribution in [1.82, 2.24) is 0 Å². The number of ether oxygens (including phenoxy) is 4. The van der Waals surface area contributed by atoms with Gasteiger partial charge in [0.2, 0.25) is 0 Å². The molecule has 0 saturated heterocycles. The highest BCUT2D eigenvalue weighted by Gasteiger charge is 2.31. The quantitative estimate of drug-likeness (QED) is 0.0799. The summed E-state index contributed by atoms with van der Waals surface area (Å²) in [6.07, 6.45) is 16.4. The smallest absolute Gasteiger partial charge is 0.193 e. The Morgan fingerprint density at radius 1 is 0.408 bits per heavy atom. The standard InChI is InChI=1S/C39H64O8S2/c1-7-11-15-19-23-44-34-27-32(5)38(29-36(34)46-25-21-17-13-9-3)48(40,41)31-49(42,43)39-30-37(47-26-22-18-14-10-4)35(28-33(39)6)45-24-20-16-12-8-2/h27-30H,7-26,31H2,1-6H3. The molecule has 0 atom stereocenters. The first-order chi connectivity index (χ1) is 23.5. The number of rotatable bonds is 28. The normalized spacial score (nSPS) is 11.9. The fraction of sp³-hybridized carbons (Fsp3) is 0.692. The number of aryl methyl sites for hydroxylation is 2. The van der Waals surface area contributed by atoms with Crippen LogP contribution in [0.3, 0.4) is 0 Å². The average molecular weight is 725 g/mol. The van der Waals surface area contributed by atoms with Crippen molar-refractivity contribution in [2.45, 2.75) is 154 Å². The van der Waals surface area contributed by atoms with Crippen molar-refractivity contribution in [3.8, 4) is 23.0 Å². The minimum atomic E-state index is -4.29. The molecule has 0 saturated carbocycles. The van der Waals surface area contributed by atoms with Crippen LogP contribution in [0.15, 0.2) is 34.1 Å². The van der Waals surface area contributed by atoms with Gasteiger partial charge in [0.25, 0.3) is 0 Å². The molecule has 0 unspecified atom stereocenters. The van der Waals surface area contributed by atoms with Crippen molar-refractivity contribution >= 4 is 19.7 Å². The molecule has 0 amide bonds. The summed E-state index contributed by atoms with van der Waals surface area (Å²) in [5, 5.41) is -1.08. The maximum Gasteiger partial charge on any atom is 0.193 e. The molecule has 49 heavy (non-hydrogen) atoms. The second-order valence-electron chi connectivity index (χ2n) is 13.1. The van der Waals surface area contributed by atoms with Gasteiger partial charge in [0.15, 0.2) is 47.8 Å². The zero-order chi connectivity index (χ0) is 36.1. The van der Waals surface area contributed by atoms with Crippen LogP contribution >= 0.6 is 0 Å². The summed E-state index contributed by atoms with van der Waals surface area (Å²) in [7, 11) is -8.59. The van der Waals surface area contributed by atoms with E-state index in [0.717, 1.165) is 103 Å². The second-order valence-corrected chi connectivity index (χ2v) is 17.4. The topological polar surface area (TPSA) is 105 Å². The van der Waals surface area contributed by atoms with E-state index in [2.05, 4.69) is 27.7 Å². The first-order valence-electron chi connectivity index (χ1n) is 18.8. The predicted molar refractivity (Wildman–Crippen MR) is 200 cm³/mol. The maximum atomic E-state index is 13.9. The Hall–Kier alpha value is -2.46. The van der Waals surface area contributed by atoms with Crippen molar-refractivity contribution in [3.63, 3.8) is 0 Å². The van der Waals surface area contributed by atoms with Crippen molar-refractivity contribution in [3.05, 3.63) is 35.4 Å². The Morgan fingerprint density at radius 3 is 0.939 bits per heavy atom. The first kappa shape index (κ1) is 42.7. The molecule has 0 aliphatic rings. The molecule has 10 heteroatoms. The first-order valence-corrected chi connectivity index (χ1v) is 22.1. The van der Waals surface area contributed by atoms with Crippen LogP contribution in [0.5, 0.6) is 23.0 Å². The Kier molecular flexibility index (Phi) is 20.1. The fourth-order valence-corrected chi connectivity index (χ4v) is 9.90. The van der Waals surface area contributed by atoms with Gasteiger partial charge in [-0.2, -0.15) is 0 Å². The largest absolute Gasteiger partial charge is 0.490 e. The summed E-state index contributed by atoms with van der Waals surface area (Å²) >= 11 is 0. The third-order valence-electron chi connectivity index (χ3n) is 8.48. The number of benzene rings is 2. The Morgan fingerprint density at radius 2 is 0.673 bits per heavy atom. The minimum Gasteiger partial charge on any atom is -0.490 e. The molecule has 2 aromatic rings. The van der Waals surface area contributed by atoms with E-state index in [1.54, 1.807) is 26.0 Å². The number of sulfone groups is 2. The van der Waals surface area contributed by atoms with Gasteiger partial charge in [0, 0.05) is 12.1 Å². The highest BCUT2D eigenvalue weighted by Crippen LogP contribution is 2.37. The van der Waals surface area contributed by atoms with Gasteiger partial charge in [-0.3, -0.25) is 0 Å². The highest BCUT2D eigenvalue weighted by molar-refractivity contribution is 8.08. The zero-order valence-electron chi connectivity index (χ0n) is 31.2. The van der Waals surface area contributed by atoms with Crippen LogP contribution in [0.2, 0.25) is 0 Å². The van der Waals surface area contributed by atoms with Crippen LogP contribution in [-0.2, 0) is 19.7 Å². The monoisotopic (exact) mass is 724 g/mol. The van der Waals surface area contributed by atoms with Gasteiger partial charge >= 0.3 is 0 Å². The van der Waals surface area contributed by atoms with Gasteiger partial charge in [0.05, 0.1) is 36.2 Å². The summed E-state index contributed by atoms with van der Waals surface area (Å²) in [5.74, 6) is 1.61. The van der Waals surface area contributed by atoms with E-state index in [1.807, 2.05) is 0 Å². The van der Waals surface area contributed by atoms with Gasteiger partial charge in [-0.05, 0) is 62.8 Å². The van der Waals surface area contributed by atoms with Crippen molar-refractivity contribution in [2.75, 3.05) is 31.5 Å². The molecule has 8 nitrogen and oxygen atoms in total. The Bertz CT molecular complexity index is 1340. The van der Waals surface area contributed by atoms with E-state index < -0.39 is 24.8 Å². The van der Waals surface area contributed by atoms with Crippen LogP contribution in [-0.4, -0.2) is 48.3 Å². The molecule has 2 rings (SSSR count). The van der Waals surface area contributed by atoms with E-state index in [-0.39, 0.29) is 9.79 Å². The van der Waals surface area contributed by atoms with Crippen LogP contribution in [0.1, 0.15) is 142 Å². The fourth-order valence-electron chi connectivity index (χ4n) is 5.58. The molecule has 0 aliphatic carbocycles. The molecule has 0 aliphatic heterocycles. The summed E-state index contributed by atoms with van der Waals surface area (Å²) in [6.45, 7) is 13.7. The van der Waals surface area contributed by atoms with Crippen molar-refractivity contribution in [2.24, 2.45) is 0 Å². The minimum absolute atomic E-state index is 0.0740. The molecule has 280 valence electrons. The molecule has 0 spiro atoms. The summed E-state index contributed by atoms with van der Waals surface area (Å²) in [5.41, 5.74) is 0.827. The van der Waals surface area contributed by atoms with E-state index in [0.29, 0.717) is 60.6 Å². The lowest BCUT2D eigenvalue weighted by Gasteiger charge is -2.18. The maximum absolute atomic E-state index is 13.9. The Balaban J connectivity index is 2.38. The van der Waals surface area contributed by atoms with Crippen molar-refractivity contribution < 1.29 is 35.8 Å². The molecular weight excluding hydrogens is 661 g/mol. The summed E-state index contributed by atoms with van der Waals surface area (Å²) in [6, 6.07) is 6.19. The summed E-state index contributed by atoms with van der Waals surface area (Å²) in [4.78, 5) is -0.148. The lowest BCUT2D eigenvalue weighted by Crippen LogP contribution is -2.19. The summed E-state index contributed by atoms with van der Waals surface area (Å²) < 4.78 is 79.8. The van der Waals surface area contributed by atoms with Crippen molar-refractivity contribution in [1.29, 1.82) is 0 Å². The van der Waals surface area contributed by atoms with Gasteiger partial charge in [-0.1, -0.05) is 105 Å². The van der Waals surface area contributed by atoms with Crippen LogP contribution < -0.4 is 18.9 Å². The SMILES string of the molecule is CCCCCCOc1cc(C)c(S(=O)(=O)CS(=O)(=O)c2cc(OCCCCCC)c(OCCCCCC)cc2C)cc1OCCCCCC. The lowest BCUT2D eigenvalue weighted by atomic mass is 10.2. The molecule has 0 radical (unpaired) electrons. The van der Waals surface area contributed by atoms with Gasteiger partial charge in [-0.15, -0.1) is 0 Å². The molecule has 0 fully saturated rings. The van der Waals surface area contributed by atoms with Crippen LogP contribution in [0, 0.1) is 13.8 Å². The molecular formula is C39H64O8S2. The molecule has 0 aromatic heterocycles. The van der Waals surface area contributed by atoms with E-state index in [1.165, 1.54) is 12.1 Å². The number of hydrogen-bond donors (Lipinski definition) is 0. The van der Waals surface area contributed by atoms with Crippen LogP contribution in [0.25, 0.3) is 0 Å². The molecule has 0 heterocycles. The average Bonchev–Trinajstić information content (AvgIpc) is 3.05. The Labute approximate surface area is 298 Å². The zero-order valence-corrected chi connectivity index (χ0v) is 32.9. The van der Waals surface area contributed by atoms with Gasteiger partial charge in [-0.25, -0.2) is 16.8 Å². The van der Waals surface area contributed by atoms with Gasteiger partial charge < -0.3 is 18.9 Å². The predicted octanol–water partition coefficient (Wildman–Crippen LogP) is 10.3. The van der Waals surface area contributed by atoms with E-state index >= 15 is 0 Å². The third-order valence-corrected chi connectivity index (χ3v) is 13.2. The molecule has 2 aromatic carbocycles. The van der Waals surface area contributed by atoms with E-state index in [4.69, 9.17) is 18.9 Å². The second kappa shape index (κ2) is 23.1. The lowest BCUT2D eigenvalue weighted by molar-refractivity contribution is 0.258. The number of unbranched alkanes of at least 4 members (excludes halogenated alkanes) is 12. The van der Waals surface area contributed by atoms with E-state index in [9.17, 15) is 16.8 Å². The van der Waals surface area contributed by atoms with Crippen LogP contribution in [0.4, 0.5) is 0 Å². The molecule has 0 bridgehead atoms. The number of hydrogen-bond acceptors (Lipinski definition) is 8. The third kappa shape index (κ3) is 15.1. The van der Waals surface area contributed by atoms with Gasteiger partial charge in [0.1, 0.15) is 0 Å². The molecule has 0 N–H and O–H groups in total. The highest BCUT2D eigenvalue weighted by atomic mass is 32.3.